The molecule has 132 valence electrons. The first-order chi connectivity index (χ1) is 13.3. The van der Waals surface area contributed by atoms with Gasteiger partial charge in [-0.15, -0.1) is 0 Å². The number of fused-ring (bicyclic) bond motifs is 2. The van der Waals surface area contributed by atoms with Crippen molar-refractivity contribution in [3.63, 3.8) is 0 Å². The summed E-state index contributed by atoms with van der Waals surface area (Å²) in [4.78, 5) is 14.1. The lowest BCUT2D eigenvalue weighted by atomic mass is 10.1. The van der Waals surface area contributed by atoms with Crippen LogP contribution in [0.2, 0.25) is 0 Å². The minimum atomic E-state index is 0.635. The number of hydrogen-bond donors (Lipinski definition) is 2. The molecule has 0 unspecified atom stereocenters. The Morgan fingerprint density at radius 3 is 2.85 bits per heavy atom. The number of aryl methyl sites for hydroxylation is 1. The highest BCUT2D eigenvalue weighted by atomic mass is 15.1. The number of hydrogen-bond acceptors (Lipinski definition) is 5. The van der Waals surface area contributed by atoms with Crippen LogP contribution in [0, 0.1) is 6.92 Å². The molecular weight excluding hydrogens is 336 g/mol. The number of benzene rings is 1. The van der Waals surface area contributed by atoms with Crippen LogP contribution in [0.25, 0.3) is 34.6 Å². The Morgan fingerprint density at radius 2 is 1.93 bits per heavy atom. The largest absolute Gasteiger partial charge is 0.340 e. The molecule has 1 aliphatic carbocycles. The van der Waals surface area contributed by atoms with E-state index in [-0.39, 0.29) is 0 Å². The quantitative estimate of drug-likeness (QED) is 0.591. The normalized spacial score (nSPS) is 12.9. The molecule has 2 N–H and O–H groups in total. The van der Waals surface area contributed by atoms with Crippen LogP contribution in [0.3, 0.4) is 0 Å². The number of anilines is 2. The summed E-state index contributed by atoms with van der Waals surface area (Å²) in [7, 11) is 0. The molecule has 6 heteroatoms. The summed E-state index contributed by atoms with van der Waals surface area (Å²) in [5.41, 5.74) is 3.70. The average Bonchev–Trinajstić information content (AvgIpc) is 3.16. The van der Waals surface area contributed by atoms with E-state index >= 15 is 0 Å². The lowest BCUT2D eigenvalue weighted by Gasteiger charge is -2.11. The molecule has 0 spiro atoms. The Kier molecular flexibility index (Phi) is 3.67. The topological polar surface area (TPSA) is 79.4 Å². The molecule has 0 bridgehead atoms. The van der Waals surface area contributed by atoms with Gasteiger partial charge in [0.15, 0.2) is 5.82 Å². The summed E-state index contributed by atoms with van der Waals surface area (Å²) in [5, 5.41) is 13.6. The van der Waals surface area contributed by atoms with Crippen molar-refractivity contribution < 1.29 is 0 Å². The molecule has 5 rings (SSSR count). The van der Waals surface area contributed by atoms with Crippen molar-refractivity contribution in [3.05, 3.63) is 58.9 Å². The van der Waals surface area contributed by atoms with Gasteiger partial charge in [-0.05, 0) is 50.1 Å². The minimum Gasteiger partial charge on any atom is -0.340 e. The van der Waals surface area contributed by atoms with Crippen LogP contribution in [0.5, 0.6) is 0 Å². The van der Waals surface area contributed by atoms with Crippen molar-refractivity contribution in [1.82, 2.24) is 25.1 Å². The summed E-state index contributed by atoms with van der Waals surface area (Å²) in [6, 6.07) is 12.0. The van der Waals surface area contributed by atoms with E-state index in [0.29, 0.717) is 5.82 Å². The average molecular weight is 354 g/mol. The van der Waals surface area contributed by atoms with Gasteiger partial charge in [-0.1, -0.05) is 18.2 Å². The zero-order valence-electron chi connectivity index (χ0n) is 14.9. The number of aromatic nitrogens is 5. The van der Waals surface area contributed by atoms with Gasteiger partial charge < -0.3 is 5.32 Å². The fourth-order valence-corrected chi connectivity index (χ4v) is 3.33. The molecule has 0 atom stereocenters. The maximum Gasteiger partial charge on any atom is 0.180 e. The Balaban J connectivity index is 1.65. The first-order valence-corrected chi connectivity index (χ1v) is 8.99. The third-order valence-corrected chi connectivity index (χ3v) is 4.65. The monoisotopic (exact) mass is 354 g/mol. The molecular formula is C21H18N6. The van der Waals surface area contributed by atoms with Gasteiger partial charge in [-0.2, -0.15) is 5.10 Å². The molecule has 0 radical (unpaired) electrons. The zero-order valence-corrected chi connectivity index (χ0v) is 14.9. The fourth-order valence-electron chi connectivity index (χ4n) is 3.33. The predicted octanol–water partition coefficient (Wildman–Crippen LogP) is 2.82. The van der Waals surface area contributed by atoms with Crippen LogP contribution in [0.4, 0.5) is 11.5 Å². The Hall–Kier alpha value is -3.54. The maximum atomic E-state index is 4.80. The highest BCUT2D eigenvalue weighted by Gasteiger charge is 2.11. The van der Waals surface area contributed by atoms with Gasteiger partial charge in [0.2, 0.25) is 0 Å². The second kappa shape index (κ2) is 6.32. The van der Waals surface area contributed by atoms with Gasteiger partial charge in [-0.25, -0.2) is 15.0 Å². The summed E-state index contributed by atoms with van der Waals surface area (Å²) < 4.78 is 0. The fraction of sp³-hybridized carbons (Fsp3) is 0.143. The van der Waals surface area contributed by atoms with Crippen LogP contribution in [-0.2, 0) is 0 Å². The summed E-state index contributed by atoms with van der Waals surface area (Å²) in [5.74, 6) is 1.44. The van der Waals surface area contributed by atoms with Crippen molar-refractivity contribution in [2.45, 2.75) is 19.8 Å². The molecule has 1 aliphatic rings. The molecule has 3 heterocycles. The lowest BCUT2D eigenvalue weighted by Crippen LogP contribution is -2.34. The first kappa shape index (κ1) is 15.7. The third kappa shape index (κ3) is 2.95. The summed E-state index contributed by atoms with van der Waals surface area (Å²) in [6.07, 6.45) is 8.17. The zero-order chi connectivity index (χ0) is 18.2. The molecule has 27 heavy (non-hydrogen) atoms. The molecule has 4 aromatic rings. The van der Waals surface area contributed by atoms with Crippen LogP contribution < -0.4 is 15.9 Å². The predicted molar refractivity (Wildman–Crippen MR) is 107 cm³/mol. The number of H-pyrrole nitrogens is 1. The van der Waals surface area contributed by atoms with Gasteiger partial charge in [-0.3, -0.25) is 5.10 Å². The molecule has 6 nitrogen and oxygen atoms in total. The number of nitrogens with zero attached hydrogens (tertiary/aromatic N) is 4. The Morgan fingerprint density at radius 1 is 1.00 bits per heavy atom. The van der Waals surface area contributed by atoms with E-state index in [2.05, 4.69) is 38.7 Å². The van der Waals surface area contributed by atoms with E-state index in [1.165, 1.54) is 0 Å². The van der Waals surface area contributed by atoms with Crippen molar-refractivity contribution in [2.75, 3.05) is 5.32 Å². The molecule has 1 aromatic carbocycles. The highest BCUT2D eigenvalue weighted by molar-refractivity contribution is 5.82. The maximum absolute atomic E-state index is 4.80. The van der Waals surface area contributed by atoms with Gasteiger partial charge in [0.25, 0.3) is 0 Å². The highest BCUT2D eigenvalue weighted by Crippen LogP contribution is 2.20. The number of aromatic amines is 1. The van der Waals surface area contributed by atoms with Crippen LogP contribution in [-0.4, -0.2) is 25.1 Å². The van der Waals surface area contributed by atoms with Crippen LogP contribution >= 0.6 is 0 Å². The Bertz CT molecular complexity index is 1270. The van der Waals surface area contributed by atoms with E-state index in [9.17, 15) is 0 Å². The van der Waals surface area contributed by atoms with Crippen molar-refractivity contribution in [2.24, 2.45) is 0 Å². The van der Waals surface area contributed by atoms with E-state index in [1.54, 1.807) is 0 Å². The summed E-state index contributed by atoms with van der Waals surface area (Å²) in [6.45, 7) is 1.97. The lowest BCUT2D eigenvalue weighted by molar-refractivity contribution is 1.03. The molecule has 0 saturated heterocycles. The first-order valence-electron chi connectivity index (χ1n) is 8.99. The van der Waals surface area contributed by atoms with E-state index in [4.69, 9.17) is 9.97 Å². The molecule has 0 aliphatic heterocycles. The second-order valence-electron chi connectivity index (χ2n) is 6.64. The SMILES string of the molecule is Cc1cccc(-c2nc(Nc3ccc4[nH]ncc4c3)c3c(n2)=CCCC=3)n1. The van der Waals surface area contributed by atoms with Crippen LogP contribution in [0.1, 0.15) is 18.5 Å². The molecule has 0 saturated carbocycles. The van der Waals surface area contributed by atoms with E-state index in [1.807, 2.05) is 43.5 Å². The van der Waals surface area contributed by atoms with E-state index in [0.717, 1.165) is 57.2 Å². The van der Waals surface area contributed by atoms with Crippen molar-refractivity contribution in [3.8, 4) is 11.5 Å². The van der Waals surface area contributed by atoms with Gasteiger partial charge in [0.1, 0.15) is 11.5 Å². The van der Waals surface area contributed by atoms with E-state index < -0.39 is 0 Å². The van der Waals surface area contributed by atoms with Crippen molar-refractivity contribution >= 4 is 34.6 Å². The molecule has 0 amide bonds. The van der Waals surface area contributed by atoms with Gasteiger partial charge in [0, 0.05) is 22.0 Å². The number of pyridine rings is 1. The second-order valence-corrected chi connectivity index (χ2v) is 6.64. The van der Waals surface area contributed by atoms with Gasteiger partial charge >= 0.3 is 0 Å². The van der Waals surface area contributed by atoms with Gasteiger partial charge in [0.05, 0.1) is 17.1 Å². The standard InChI is InChI=1S/C21H18N6/c1-13-5-4-8-19(23-13)21-25-18-7-3-2-6-16(18)20(26-21)24-15-9-10-17-14(11-15)12-22-27-17/h4-12H,2-3H2,1H3,(H,22,27)(H,24,25,26). The minimum absolute atomic E-state index is 0.635. The Labute approximate surface area is 155 Å². The third-order valence-electron chi connectivity index (χ3n) is 4.65. The smallest absolute Gasteiger partial charge is 0.180 e. The summed E-state index contributed by atoms with van der Waals surface area (Å²) >= 11 is 0. The molecule has 0 fully saturated rings. The number of rotatable bonds is 3. The van der Waals surface area contributed by atoms with Crippen molar-refractivity contribution in [1.29, 1.82) is 0 Å². The molecule has 3 aromatic heterocycles. The van der Waals surface area contributed by atoms with Crippen LogP contribution in [0.15, 0.2) is 42.6 Å². The number of nitrogens with one attached hydrogen (secondary N) is 2.